The number of carbonyl (C=O) groups excluding carboxylic acids is 1. The number of fused-ring (bicyclic) bond motifs is 1. The molecule has 178 valence electrons. The molecule has 1 amide bonds. The molecule has 0 bridgehead atoms. The van der Waals surface area contributed by atoms with Gasteiger partial charge >= 0.3 is 6.09 Å². The van der Waals surface area contributed by atoms with Crippen LogP contribution in [0.1, 0.15) is 69.4 Å². The van der Waals surface area contributed by atoms with Crippen LogP contribution < -0.4 is 5.32 Å². The minimum absolute atomic E-state index is 0.274. The predicted molar refractivity (Wildman–Crippen MR) is 134 cm³/mol. The van der Waals surface area contributed by atoms with E-state index in [4.69, 9.17) is 9.72 Å². The van der Waals surface area contributed by atoms with Gasteiger partial charge in [0.2, 0.25) is 5.13 Å². The molecule has 0 saturated heterocycles. The predicted octanol–water partition coefficient (Wildman–Crippen LogP) is 5.91. The fourth-order valence-electron chi connectivity index (χ4n) is 4.41. The van der Waals surface area contributed by atoms with Crippen molar-refractivity contribution >= 4 is 45.0 Å². The molecule has 1 fully saturated rings. The summed E-state index contributed by atoms with van der Waals surface area (Å²) >= 11 is 1.62. The third-order valence-electron chi connectivity index (χ3n) is 6.15. The highest BCUT2D eigenvalue weighted by Crippen LogP contribution is 2.37. The number of hydrogen-bond donors (Lipinski definition) is 1. The van der Waals surface area contributed by atoms with Crippen molar-refractivity contribution in [3.8, 4) is 0 Å². The van der Waals surface area contributed by atoms with Gasteiger partial charge in [0.1, 0.15) is 16.4 Å². The van der Waals surface area contributed by atoms with Crippen LogP contribution in [0.4, 0.5) is 15.7 Å². The van der Waals surface area contributed by atoms with Crippen LogP contribution in [0.3, 0.4) is 0 Å². The normalized spacial score (nSPS) is 17.1. The Kier molecular flexibility index (Phi) is 6.20. The molecule has 0 spiro atoms. The first kappa shape index (κ1) is 22.7. The van der Waals surface area contributed by atoms with Crippen LogP contribution in [0.15, 0.2) is 30.5 Å². The summed E-state index contributed by atoms with van der Waals surface area (Å²) in [6.45, 7) is 6.79. The SMILES string of the molecule is CC(C)(C)OC(=O)N1CC=C(c2cnc3ccc(Nc4nnc(C5CCCC5)s4)nc3c2)CC1. The lowest BCUT2D eigenvalue weighted by Crippen LogP contribution is -2.39. The van der Waals surface area contributed by atoms with Crippen LogP contribution in [-0.4, -0.2) is 49.8 Å². The number of nitrogens with zero attached hydrogens (tertiary/aromatic N) is 5. The van der Waals surface area contributed by atoms with Crippen LogP contribution in [0, 0.1) is 0 Å². The van der Waals surface area contributed by atoms with E-state index in [1.54, 1.807) is 16.2 Å². The maximum Gasteiger partial charge on any atom is 0.410 e. The molecule has 5 rings (SSSR count). The minimum Gasteiger partial charge on any atom is -0.444 e. The van der Waals surface area contributed by atoms with Gasteiger partial charge in [0.15, 0.2) is 0 Å². The number of hydrogen-bond acceptors (Lipinski definition) is 8. The van der Waals surface area contributed by atoms with Crippen LogP contribution in [0.2, 0.25) is 0 Å². The van der Waals surface area contributed by atoms with Crippen LogP contribution >= 0.6 is 11.3 Å². The van der Waals surface area contributed by atoms with E-state index >= 15 is 0 Å². The highest BCUT2D eigenvalue weighted by atomic mass is 32.1. The van der Waals surface area contributed by atoms with Crippen LogP contribution in [-0.2, 0) is 4.74 Å². The Bertz CT molecular complexity index is 1230. The molecular formula is C25H30N6O2S. The van der Waals surface area contributed by atoms with Crippen molar-refractivity contribution in [2.24, 2.45) is 0 Å². The molecule has 34 heavy (non-hydrogen) atoms. The first-order valence-corrected chi connectivity index (χ1v) is 12.7. The second-order valence-electron chi connectivity index (χ2n) is 9.92. The van der Waals surface area contributed by atoms with Crippen molar-refractivity contribution in [3.05, 3.63) is 41.0 Å². The number of aromatic nitrogens is 4. The highest BCUT2D eigenvalue weighted by molar-refractivity contribution is 7.15. The molecule has 1 aliphatic heterocycles. The molecular weight excluding hydrogens is 448 g/mol. The summed E-state index contributed by atoms with van der Waals surface area (Å²) in [5, 5.41) is 13.9. The van der Waals surface area contributed by atoms with Gasteiger partial charge in [-0.05, 0) is 69.4 Å². The lowest BCUT2D eigenvalue weighted by atomic mass is 10.0. The Morgan fingerprint density at radius 1 is 1.18 bits per heavy atom. The Labute approximate surface area is 203 Å². The molecule has 1 aliphatic carbocycles. The van der Waals surface area contributed by atoms with Gasteiger partial charge < -0.3 is 15.0 Å². The number of carbonyl (C=O) groups is 1. The lowest BCUT2D eigenvalue weighted by molar-refractivity contribution is 0.0270. The van der Waals surface area contributed by atoms with E-state index in [0.29, 0.717) is 19.0 Å². The van der Waals surface area contributed by atoms with Gasteiger partial charge in [0.05, 0.1) is 11.0 Å². The summed E-state index contributed by atoms with van der Waals surface area (Å²) in [5.74, 6) is 1.29. The average Bonchev–Trinajstić information content (AvgIpc) is 3.50. The van der Waals surface area contributed by atoms with Crippen molar-refractivity contribution < 1.29 is 9.53 Å². The number of nitrogens with one attached hydrogen (secondary N) is 1. The lowest BCUT2D eigenvalue weighted by Gasteiger charge is -2.29. The monoisotopic (exact) mass is 478 g/mol. The fourth-order valence-corrected chi connectivity index (χ4v) is 5.33. The van der Waals surface area contributed by atoms with Crippen molar-refractivity contribution in [2.75, 3.05) is 18.4 Å². The first-order chi connectivity index (χ1) is 16.3. The molecule has 0 atom stereocenters. The van der Waals surface area contributed by atoms with E-state index < -0.39 is 5.60 Å². The maximum atomic E-state index is 12.3. The zero-order valence-electron chi connectivity index (χ0n) is 19.9. The molecule has 2 aliphatic rings. The van der Waals surface area contributed by atoms with Gasteiger partial charge in [0.25, 0.3) is 0 Å². The van der Waals surface area contributed by atoms with Gasteiger partial charge in [-0.3, -0.25) is 4.98 Å². The number of rotatable bonds is 4. The summed E-state index contributed by atoms with van der Waals surface area (Å²) in [4.78, 5) is 23.4. The van der Waals surface area contributed by atoms with Crippen molar-refractivity contribution in [3.63, 3.8) is 0 Å². The maximum absolute atomic E-state index is 12.3. The molecule has 8 nitrogen and oxygen atoms in total. The Morgan fingerprint density at radius 2 is 2.00 bits per heavy atom. The minimum atomic E-state index is -0.493. The number of amides is 1. The largest absolute Gasteiger partial charge is 0.444 e. The number of pyridine rings is 2. The third kappa shape index (κ3) is 5.19. The zero-order valence-corrected chi connectivity index (χ0v) is 20.7. The Hall–Kier alpha value is -3.07. The molecule has 1 saturated carbocycles. The van der Waals surface area contributed by atoms with Crippen LogP contribution in [0.25, 0.3) is 16.6 Å². The molecule has 0 radical (unpaired) electrons. The Balaban J connectivity index is 1.29. The van der Waals surface area contributed by atoms with Crippen molar-refractivity contribution in [1.82, 2.24) is 25.1 Å². The van der Waals surface area contributed by atoms with E-state index in [9.17, 15) is 4.79 Å². The highest BCUT2D eigenvalue weighted by Gasteiger charge is 2.24. The summed E-state index contributed by atoms with van der Waals surface area (Å²) in [7, 11) is 0. The second kappa shape index (κ2) is 9.29. The zero-order chi connectivity index (χ0) is 23.7. The van der Waals surface area contributed by atoms with E-state index in [1.165, 1.54) is 31.3 Å². The molecule has 0 aromatic carbocycles. The van der Waals surface area contributed by atoms with E-state index in [0.717, 1.165) is 39.0 Å². The van der Waals surface area contributed by atoms with Gasteiger partial charge in [-0.2, -0.15) is 0 Å². The number of ether oxygens (including phenoxy) is 1. The van der Waals surface area contributed by atoms with Crippen LogP contribution in [0.5, 0.6) is 0 Å². The summed E-state index contributed by atoms with van der Waals surface area (Å²) < 4.78 is 5.49. The molecule has 3 aromatic rings. The smallest absolute Gasteiger partial charge is 0.410 e. The Morgan fingerprint density at radius 3 is 2.74 bits per heavy atom. The van der Waals surface area contributed by atoms with E-state index in [2.05, 4.69) is 32.6 Å². The standard InChI is InChI=1S/C25H30N6O2S/c1-25(2,3)33-24(32)31-12-10-16(11-13-31)18-14-20-19(26-15-18)8-9-21(27-20)28-23-30-29-22(34-23)17-6-4-5-7-17/h8-10,14-15,17H,4-7,11-13H2,1-3H3,(H,27,28,30). The van der Waals surface area contributed by atoms with Gasteiger partial charge in [-0.25, -0.2) is 9.78 Å². The van der Waals surface area contributed by atoms with E-state index in [1.807, 2.05) is 39.1 Å². The fraction of sp³-hybridized carbons (Fsp3) is 0.480. The quantitative estimate of drug-likeness (QED) is 0.498. The number of anilines is 2. The topological polar surface area (TPSA) is 93.1 Å². The molecule has 9 heteroatoms. The summed E-state index contributed by atoms with van der Waals surface area (Å²) in [6, 6.07) is 5.95. The summed E-state index contributed by atoms with van der Waals surface area (Å²) in [6.07, 6.45) is 9.41. The third-order valence-corrected chi connectivity index (χ3v) is 7.15. The molecule has 0 unspecified atom stereocenters. The van der Waals surface area contributed by atoms with Gasteiger partial charge in [0, 0.05) is 25.2 Å². The van der Waals surface area contributed by atoms with Crippen molar-refractivity contribution in [2.45, 2.75) is 64.4 Å². The second-order valence-corrected chi connectivity index (χ2v) is 10.9. The van der Waals surface area contributed by atoms with Gasteiger partial charge in [-0.15, -0.1) is 10.2 Å². The molecule has 1 N–H and O–H groups in total. The molecule has 3 aromatic heterocycles. The molecule has 4 heterocycles. The van der Waals surface area contributed by atoms with E-state index in [-0.39, 0.29) is 6.09 Å². The first-order valence-electron chi connectivity index (χ1n) is 11.9. The van der Waals surface area contributed by atoms with Gasteiger partial charge in [-0.1, -0.05) is 30.3 Å². The van der Waals surface area contributed by atoms with Crippen molar-refractivity contribution in [1.29, 1.82) is 0 Å². The average molecular weight is 479 g/mol. The summed E-state index contributed by atoms with van der Waals surface area (Å²) in [5.41, 5.74) is 3.36.